The molecule has 0 fully saturated rings. The van der Waals surface area contributed by atoms with Crippen LogP contribution in [0.2, 0.25) is 0 Å². The molecule has 0 aliphatic heterocycles. The van der Waals surface area contributed by atoms with Crippen molar-refractivity contribution >= 4 is 22.7 Å². The number of hydrogen-bond acceptors (Lipinski definition) is 3. The maximum Gasteiger partial charge on any atom is 0.381 e. The third-order valence-corrected chi connectivity index (χ3v) is 3.61. The minimum absolute atomic E-state index is 0.0800. The third kappa shape index (κ3) is 2.58. The molecule has 2 aromatic rings. The molecule has 0 atom stereocenters. The van der Waals surface area contributed by atoms with Crippen molar-refractivity contribution in [2.75, 3.05) is 6.61 Å². The maximum atomic E-state index is 12.4. The first-order chi connectivity index (χ1) is 9.88. The van der Waals surface area contributed by atoms with E-state index in [1.807, 2.05) is 50.5 Å². The van der Waals surface area contributed by atoms with Crippen LogP contribution in [0.1, 0.15) is 48.4 Å². The number of fused-ring (bicyclic) bond motifs is 1. The highest BCUT2D eigenvalue weighted by atomic mass is 16.5. The van der Waals surface area contributed by atoms with Gasteiger partial charge in [0, 0.05) is 16.9 Å². The molecule has 112 valence electrons. The Kier molecular flexibility index (Phi) is 4.16. The number of ether oxygens (including phenoxy) is 1. The number of ketones is 1. The number of Topliss-reactive ketones (excluding diaryl/α,β-unsaturated/α-hetero) is 1. The molecule has 1 aromatic carbocycles. The van der Waals surface area contributed by atoms with Gasteiger partial charge in [0.1, 0.15) is 5.69 Å². The molecule has 0 bridgehead atoms. The van der Waals surface area contributed by atoms with Gasteiger partial charge in [-0.2, -0.15) is 0 Å². The van der Waals surface area contributed by atoms with Gasteiger partial charge in [-0.25, -0.2) is 4.79 Å². The van der Waals surface area contributed by atoms with E-state index in [4.69, 9.17) is 4.74 Å². The number of hydrogen-bond donors (Lipinski definition) is 0. The van der Waals surface area contributed by atoms with Crippen LogP contribution >= 0.6 is 0 Å². The van der Waals surface area contributed by atoms with Gasteiger partial charge in [0.15, 0.2) is 0 Å². The standard InChI is InChI=1S/C17H21NO3/c1-6-21-17(20)16(19)15-12(5)13-8-7-11(4)9-14(13)18(15)10(2)3/h7-10H,6H2,1-5H3. The predicted molar refractivity (Wildman–Crippen MR) is 82.8 cm³/mol. The zero-order valence-corrected chi connectivity index (χ0v) is 13.2. The van der Waals surface area contributed by atoms with Gasteiger partial charge >= 0.3 is 5.97 Å². The Morgan fingerprint density at radius 1 is 1.24 bits per heavy atom. The average Bonchev–Trinajstić information content (AvgIpc) is 2.70. The first-order valence-corrected chi connectivity index (χ1v) is 7.21. The summed E-state index contributed by atoms with van der Waals surface area (Å²) in [5.41, 5.74) is 3.37. The number of nitrogens with zero attached hydrogens (tertiary/aromatic N) is 1. The van der Waals surface area contributed by atoms with Crippen LogP contribution in [0.15, 0.2) is 18.2 Å². The Labute approximate surface area is 124 Å². The van der Waals surface area contributed by atoms with E-state index in [-0.39, 0.29) is 12.6 Å². The SMILES string of the molecule is CCOC(=O)C(=O)c1c(C)c2ccc(C)cc2n1C(C)C. The molecule has 4 nitrogen and oxygen atoms in total. The fraction of sp³-hybridized carbons (Fsp3) is 0.412. The van der Waals surface area contributed by atoms with Crippen molar-refractivity contribution in [3.63, 3.8) is 0 Å². The van der Waals surface area contributed by atoms with E-state index in [9.17, 15) is 9.59 Å². The van der Waals surface area contributed by atoms with Crippen molar-refractivity contribution in [3.05, 3.63) is 35.0 Å². The van der Waals surface area contributed by atoms with Crippen molar-refractivity contribution < 1.29 is 14.3 Å². The van der Waals surface area contributed by atoms with Gasteiger partial charge in [-0.05, 0) is 51.8 Å². The molecular weight excluding hydrogens is 266 g/mol. The molecule has 0 aliphatic rings. The van der Waals surface area contributed by atoms with Gasteiger partial charge in [-0.1, -0.05) is 12.1 Å². The van der Waals surface area contributed by atoms with Crippen LogP contribution in [0, 0.1) is 13.8 Å². The first-order valence-electron chi connectivity index (χ1n) is 7.21. The molecule has 0 spiro atoms. The molecule has 2 rings (SSSR count). The first kappa shape index (κ1) is 15.3. The normalized spacial score (nSPS) is 11.1. The number of esters is 1. The molecule has 21 heavy (non-hydrogen) atoms. The van der Waals surface area contributed by atoms with Gasteiger partial charge in [-0.15, -0.1) is 0 Å². The lowest BCUT2D eigenvalue weighted by molar-refractivity contribution is -0.137. The summed E-state index contributed by atoms with van der Waals surface area (Å²) in [5.74, 6) is -1.36. The fourth-order valence-corrected chi connectivity index (χ4v) is 2.70. The zero-order valence-electron chi connectivity index (χ0n) is 13.2. The molecule has 1 aromatic heterocycles. The minimum atomic E-state index is -0.790. The predicted octanol–water partition coefficient (Wildman–Crippen LogP) is 3.58. The Morgan fingerprint density at radius 3 is 2.48 bits per heavy atom. The number of benzene rings is 1. The maximum absolute atomic E-state index is 12.4. The van der Waals surface area contributed by atoms with Crippen LogP contribution in [0.25, 0.3) is 10.9 Å². The Bertz CT molecular complexity index is 710. The largest absolute Gasteiger partial charge is 0.460 e. The molecule has 0 N–H and O–H groups in total. The molecule has 0 radical (unpaired) electrons. The highest BCUT2D eigenvalue weighted by molar-refractivity contribution is 6.41. The number of carbonyl (C=O) groups excluding carboxylic acids is 2. The summed E-state index contributed by atoms with van der Waals surface area (Å²) >= 11 is 0. The van der Waals surface area contributed by atoms with Crippen molar-refractivity contribution in [2.45, 2.75) is 40.7 Å². The summed E-state index contributed by atoms with van der Waals surface area (Å²) in [7, 11) is 0. The minimum Gasteiger partial charge on any atom is -0.460 e. The fourth-order valence-electron chi connectivity index (χ4n) is 2.70. The van der Waals surface area contributed by atoms with Gasteiger partial charge in [-0.3, -0.25) is 4.79 Å². The molecular formula is C17H21NO3. The van der Waals surface area contributed by atoms with E-state index in [1.165, 1.54) is 0 Å². The van der Waals surface area contributed by atoms with E-state index < -0.39 is 11.8 Å². The van der Waals surface area contributed by atoms with E-state index in [1.54, 1.807) is 6.92 Å². The number of rotatable bonds is 4. The Morgan fingerprint density at radius 2 is 1.90 bits per heavy atom. The number of aromatic nitrogens is 1. The lowest BCUT2D eigenvalue weighted by atomic mass is 10.1. The van der Waals surface area contributed by atoms with Crippen molar-refractivity contribution in [1.29, 1.82) is 0 Å². The van der Waals surface area contributed by atoms with E-state index in [0.29, 0.717) is 5.69 Å². The second-order valence-corrected chi connectivity index (χ2v) is 5.51. The van der Waals surface area contributed by atoms with E-state index >= 15 is 0 Å². The molecule has 0 amide bonds. The van der Waals surface area contributed by atoms with Crippen molar-refractivity contribution in [3.8, 4) is 0 Å². The molecule has 0 aliphatic carbocycles. The van der Waals surface area contributed by atoms with Crippen LogP contribution in [0.5, 0.6) is 0 Å². The molecule has 4 heteroatoms. The lowest BCUT2D eigenvalue weighted by Crippen LogP contribution is -2.22. The summed E-state index contributed by atoms with van der Waals surface area (Å²) in [6.07, 6.45) is 0. The summed E-state index contributed by atoms with van der Waals surface area (Å²) in [4.78, 5) is 24.3. The van der Waals surface area contributed by atoms with Crippen LogP contribution in [0.4, 0.5) is 0 Å². The van der Waals surface area contributed by atoms with Crippen molar-refractivity contribution in [1.82, 2.24) is 4.57 Å². The topological polar surface area (TPSA) is 48.3 Å². The third-order valence-electron chi connectivity index (χ3n) is 3.61. The highest BCUT2D eigenvalue weighted by Crippen LogP contribution is 2.30. The Balaban J connectivity index is 2.73. The summed E-state index contributed by atoms with van der Waals surface area (Å²) < 4.78 is 6.79. The monoisotopic (exact) mass is 287 g/mol. The van der Waals surface area contributed by atoms with Crippen LogP contribution in [-0.2, 0) is 9.53 Å². The smallest absolute Gasteiger partial charge is 0.381 e. The molecule has 0 saturated heterocycles. The summed E-state index contributed by atoms with van der Waals surface area (Å²) in [6, 6.07) is 6.14. The van der Waals surface area contributed by atoms with E-state index in [0.717, 1.165) is 22.0 Å². The van der Waals surface area contributed by atoms with Gasteiger partial charge in [0.25, 0.3) is 5.78 Å². The number of carbonyl (C=O) groups is 2. The van der Waals surface area contributed by atoms with Crippen molar-refractivity contribution in [2.24, 2.45) is 0 Å². The van der Waals surface area contributed by atoms with Gasteiger partial charge in [0.05, 0.1) is 6.61 Å². The second kappa shape index (κ2) is 5.72. The lowest BCUT2D eigenvalue weighted by Gasteiger charge is -2.14. The average molecular weight is 287 g/mol. The van der Waals surface area contributed by atoms with Crippen LogP contribution in [-0.4, -0.2) is 22.9 Å². The summed E-state index contributed by atoms with van der Waals surface area (Å²) in [5, 5.41) is 1.00. The highest BCUT2D eigenvalue weighted by Gasteiger charge is 2.27. The Hall–Kier alpha value is -2.10. The molecule has 0 unspecified atom stereocenters. The van der Waals surface area contributed by atoms with Crippen LogP contribution in [0.3, 0.4) is 0 Å². The van der Waals surface area contributed by atoms with Gasteiger partial charge in [0.2, 0.25) is 0 Å². The zero-order chi connectivity index (χ0) is 15.7. The quantitative estimate of drug-likeness (QED) is 0.490. The van der Waals surface area contributed by atoms with E-state index in [2.05, 4.69) is 0 Å². The van der Waals surface area contributed by atoms with Gasteiger partial charge < -0.3 is 9.30 Å². The van der Waals surface area contributed by atoms with Crippen LogP contribution < -0.4 is 0 Å². The number of aryl methyl sites for hydroxylation is 2. The molecule has 0 saturated carbocycles. The summed E-state index contributed by atoms with van der Waals surface area (Å²) in [6.45, 7) is 9.79. The molecule has 1 heterocycles. The second-order valence-electron chi connectivity index (χ2n) is 5.51.